The van der Waals surface area contributed by atoms with Gasteiger partial charge in [0.15, 0.2) is 0 Å². The third kappa shape index (κ3) is 41.9. The summed E-state index contributed by atoms with van der Waals surface area (Å²) in [6.45, 7) is 3.45. The second-order valence-electron chi connectivity index (χ2n) is 14.7. The topological polar surface area (TPSA) is 132 Å². The molecule has 0 radical (unpaired) electrons. The lowest BCUT2D eigenvalue weighted by Crippen LogP contribution is -2.29. The number of carbonyl (C=O) groups is 1. The molecule has 0 aromatic carbocycles. The van der Waals surface area contributed by atoms with E-state index in [2.05, 4.69) is 62.5 Å². The van der Waals surface area contributed by atoms with Gasteiger partial charge in [0.2, 0.25) is 0 Å². The first-order valence-electron chi connectivity index (χ1n) is 22.1. The summed E-state index contributed by atoms with van der Waals surface area (Å²) in [6, 6.07) is 0. The van der Waals surface area contributed by atoms with Crippen LogP contribution in [-0.2, 0) is 27.9 Å². The van der Waals surface area contributed by atoms with E-state index in [1.165, 1.54) is 89.9 Å². The van der Waals surface area contributed by atoms with Gasteiger partial charge in [-0.25, -0.2) is 4.57 Å². The van der Waals surface area contributed by atoms with E-state index < -0.39 is 39.2 Å². The minimum atomic E-state index is -4.52. The van der Waals surface area contributed by atoms with E-state index in [9.17, 15) is 19.4 Å². The van der Waals surface area contributed by atoms with Crippen molar-refractivity contribution in [3.63, 3.8) is 0 Å². The van der Waals surface area contributed by atoms with Gasteiger partial charge in [-0.1, -0.05) is 152 Å². The molecule has 3 atom stereocenters. The van der Waals surface area contributed by atoms with Gasteiger partial charge in [-0.3, -0.25) is 13.8 Å². The molecule has 0 aliphatic carbocycles. The van der Waals surface area contributed by atoms with Gasteiger partial charge in [0.1, 0.15) is 12.2 Å². The molecule has 0 fully saturated rings. The summed E-state index contributed by atoms with van der Waals surface area (Å²) < 4.78 is 33.4. The van der Waals surface area contributed by atoms with Crippen LogP contribution in [0.25, 0.3) is 0 Å². The number of rotatable bonds is 42. The van der Waals surface area contributed by atoms with Gasteiger partial charge in [-0.15, -0.1) is 0 Å². The van der Waals surface area contributed by atoms with Crippen LogP contribution in [0.2, 0.25) is 0 Å². The molecule has 0 aliphatic heterocycles. The van der Waals surface area contributed by atoms with Crippen molar-refractivity contribution in [1.82, 2.24) is 0 Å². The molecule has 9 nitrogen and oxygen atoms in total. The normalized spacial score (nSPS) is 14.5. The van der Waals surface area contributed by atoms with Crippen LogP contribution >= 0.6 is 7.82 Å². The van der Waals surface area contributed by atoms with Crippen LogP contribution in [0, 0.1) is 0 Å². The van der Waals surface area contributed by atoms with Crippen LogP contribution < -0.4 is 0 Å². The standard InChI is InChI=1S/C45H83O9P/c1-3-5-7-9-11-13-15-17-19-20-21-22-23-24-26-28-30-32-34-36-38-51-41-44(42-53-55(49,50)52-40-43(47)39-46)54-45(48)37-35-33-31-29-27-25-18-16-14-12-10-8-6-4-2/h11,13,16-19,21-22,43-44,46-47H,3-10,12,14-15,20,23-42H2,1-2H3,(H,49,50)/b13-11-,18-16-,19-17-,22-21-. The highest BCUT2D eigenvalue weighted by Crippen LogP contribution is 2.43. The summed E-state index contributed by atoms with van der Waals surface area (Å²) in [5.41, 5.74) is 0. The Labute approximate surface area is 337 Å². The number of phosphoric ester groups is 1. The van der Waals surface area contributed by atoms with Crippen molar-refractivity contribution >= 4 is 13.8 Å². The lowest BCUT2D eigenvalue weighted by molar-refractivity contribution is -0.154. The van der Waals surface area contributed by atoms with Gasteiger partial charge in [0.05, 0.1) is 26.4 Å². The average molecular weight is 799 g/mol. The Morgan fingerprint density at radius 1 is 0.564 bits per heavy atom. The number of allylic oxidation sites excluding steroid dienone is 8. The third-order valence-corrected chi connectivity index (χ3v) is 10.2. The summed E-state index contributed by atoms with van der Waals surface area (Å²) in [4.78, 5) is 22.6. The summed E-state index contributed by atoms with van der Waals surface area (Å²) in [5, 5.41) is 18.3. The fraction of sp³-hybridized carbons (Fsp3) is 0.800. The van der Waals surface area contributed by atoms with Gasteiger partial charge in [-0.2, -0.15) is 0 Å². The molecule has 0 amide bonds. The largest absolute Gasteiger partial charge is 0.472 e. The van der Waals surface area contributed by atoms with Crippen LogP contribution in [0.3, 0.4) is 0 Å². The number of phosphoric acid groups is 1. The average Bonchev–Trinajstić information content (AvgIpc) is 3.18. The maximum Gasteiger partial charge on any atom is 0.472 e. The van der Waals surface area contributed by atoms with E-state index in [1.54, 1.807) is 0 Å². The number of carbonyl (C=O) groups excluding carboxylic acids is 1. The van der Waals surface area contributed by atoms with Gasteiger partial charge in [0.25, 0.3) is 0 Å². The molecule has 3 unspecified atom stereocenters. The van der Waals surface area contributed by atoms with Crippen molar-refractivity contribution in [2.24, 2.45) is 0 Å². The van der Waals surface area contributed by atoms with E-state index in [-0.39, 0.29) is 19.6 Å². The van der Waals surface area contributed by atoms with Crippen molar-refractivity contribution < 1.29 is 43.0 Å². The van der Waals surface area contributed by atoms with E-state index in [0.29, 0.717) is 13.0 Å². The number of ether oxygens (including phenoxy) is 2. The van der Waals surface area contributed by atoms with E-state index in [4.69, 9.17) is 23.6 Å². The molecule has 3 N–H and O–H groups in total. The number of aliphatic hydroxyl groups excluding tert-OH is 2. The highest BCUT2D eigenvalue weighted by molar-refractivity contribution is 7.47. The van der Waals surface area contributed by atoms with Gasteiger partial charge >= 0.3 is 13.8 Å². The molecular formula is C45H83O9P. The fourth-order valence-corrected chi connectivity index (χ4v) is 6.62. The Bertz CT molecular complexity index is 997. The van der Waals surface area contributed by atoms with Gasteiger partial charge in [-0.05, 0) is 77.0 Å². The van der Waals surface area contributed by atoms with Crippen molar-refractivity contribution in [1.29, 1.82) is 0 Å². The number of hydrogen-bond donors (Lipinski definition) is 3. The molecule has 0 aliphatic rings. The Morgan fingerprint density at radius 2 is 0.982 bits per heavy atom. The number of unbranched alkanes of at least 4 members (excludes halogenated alkanes) is 20. The summed E-state index contributed by atoms with van der Waals surface area (Å²) >= 11 is 0. The lowest BCUT2D eigenvalue weighted by Gasteiger charge is -2.20. The first-order chi connectivity index (χ1) is 26.8. The summed E-state index contributed by atoms with van der Waals surface area (Å²) in [6.07, 6.45) is 46.3. The van der Waals surface area contributed by atoms with Crippen LogP contribution in [0.5, 0.6) is 0 Å². The number of esters is 1. The second kappa shape index (κ2) is 42.0. The molecule has 0 saturated heterocycles. The predicted octanol–water partition coefficient (Wildman–Crippen LogP) is 12.2. The molecule has 0 aromatic heterocycles. The van der Waals surface area contributed by atoms with Crippen LogP contribution in [0.4, 0.5) is 0 Å². The van der Waals surface area contributed by atoms with E-state index in [1.807, 2.05) is 0 Å². The van der Waals surface area contributed by atoms with Gasteiger partial charge in [0, 0.05) is 13.0 Å². The molecule has 322 valence electrons. The minimum absolute atomic E-state index is 0.0384. The molecule has 0 bridgehead atoms. The quantitative estimate of drug-likeness (QED) is 0.0239. The molecule has 0 aromatic rings. The summed E-state index contributed by atoms with van der Waals surface area (Å²) in [5.74, 6) is -0.396. The zero-order valence-electron chi connectivity index (χ0n) is 35.1. The predicted molar refractivity (Wildman–Crippen MR) is 228 cm³/mol. The first-order valence-corrected chi connectivity index (χ1v) is 23.6. The van der Waals surface area contributed by atoms with Crippen molar-refractivity contribution in [2.75, 3.05) is 33.0 Å². The maximum atomic E-state index is 12.6. The number of aliphatic hydroxyl groups is 2. The van der Waals surface area contributed by atoms with Crippen LogP contribution in [0.1, 0.15) is 187 Å². The maximum absolute atomic E-state index is 12.6. The fourth-order valence-electron chi connectivity index (χ4n) is 5.83. The molecule has 55 heavy (non-hydrogen) atoms. The van der Waals surface area contributed by atoms with Crippen molar-refractivity contribution in [3.05, 3.63) is 48.6 Å². The monoisotopic (exact) mass is 799 g/mol. The smallest absolute Gasteiger partial charge is 0.457 e. The first kappa shape index (κ1) is 53.4. The molecule has 0 saturated carbocycles. The SMILES string of the molecule is CCCCC/C=C\C/C=C\C/C=C\CCCCCCCCCOCC(COP(=O)(O)OCC(O)CO)OC(=O)CCCCCCC/C=C\CCCCCCC. The highest BCUT2D eigenvalue weighted by Gasteiger charge is 2.26. The van der Waals surface area contributed by atoms with Gasteiger partial charge < -0.3 is 24.6 Å². The zero-order chi connectivity index (χ0) is 40.3. The summed E-state index contributed by atoms with van der Waals surface area (Å²) in [7, 11) is -4.52. The zero-order valence-corrected chi connectivity index (χ0v) is 36.0. The highest BCUT2D eigenvalue weighted by atomic mass is 31.2. The Balaban J connectivity index is 4.18. The van der Waals surface area contributed by atoms with E-state index >= 15 is 0 Å². The Kier molecular flexibility index (Phi) is 40.8. The molecule has 0 spiro atoms. The van der Waals surface area contributed by atoms with Crippen molar-refractivity contribution in [2.45, 2.75) is 199 Å². The molecule has 10 heteroatoms. The molecule has 0 heterocycles. The molecule has 0 rings (SSSR count). The lowest BCUT2D eigenvalue weighted by atomic mass is 10.1. The Hall–Kier alpha value is -1.58. The van der Waals surface area contributed by atoms with E-state index in [0.717, 1.165) is 70.6 Å². The van der Waals surface area contributed by atoms with Crippen molar-refractivity contribution in [3.8, 4) is 0 Å². The molecular weight excluding hydrogens is 715 g/mol. The van der Waals surface area contributed by atoms with Crippen LogP contribution in [0.15, 0.2) is 48.6 Å². The number of hydrogen-bond acceptors (Lipinski definition) is 8. The minimum Gasteiger partial charge on any atom is -0.457 e. The Morgan fingerprint density at radius 3 is 1.53 bits per heavy atom. The van der Waals surface area contributed by atoms with Crippen LogP contribution in [-0.4, -0.2) is 66.3 Å². The third-order valence-electron chi connectivity index (χ3n) is 9.24. The second-order valence-corrected chi connectivity index (χ2v) is 16.2.